The van der Waals surface area contributed by atoms with Crippen molar-refractivity contribution in [2.24, 2.45) is 7.05 Å². The smallest absolute Gasteiger partial charge is 0.419 e. The Morgan fingerprint density at radius 3 is 2.58 bits per heavy atom. The van der Waals surface area contributed by atoms with Crippen LogP contribution in [-0.2, 0) is 29.4 Å². The summed E-state index contributed by atoms with van der Waals surface area (Å²) < 4.78 is 39.5. The van der Waals surface area contributed by atoms with E-state index in [0.717, 1.165) is 6.20 Å². The van der Waals surface area contributed by atoms with Gasteiger partial charge < -0.3 is 15.7 Å². The van der Waals surface area contributed by atoms with Crippen molar-refractivity contribution in [2.75, 3.05) is 6.54 Å². The number of carboxylic acid groups (broad SMARTS) is 1. The van der Waals surface area contributed by atoms with E-state index >= 15 is 0 Å². The predicted octanol–water partition coefficient (Wildman–Crippen LogP) is 1.29. The van der Waals surface area contributed by atoms with Crippen molar-refractivity contribution in [3.05, 3.63) is 17.5 Å². The van der Waals surface area contributed by atoms with Gasteiger partial charge in [0.1, 0.15) is 6.04 Å². The number of halogens is 3. The minimum absolute atomic E-state index is 0.0133. The van der Waals surface area contributed by atoms with E-state index in [-0.39, 0.29) is 18.7 Å². The number of rotatable bonds is 9. The molecule has 0 unspecified atom stereocenters. The summed E-state index contributed by atoms with van der Waals surface area (Å²) in [4.78, 5) is 21.8. The third-order valence-corrected chi connectivity index (χ3v) is 3.43. The van der Waals surface area contributed by atoms with Crippen LogP contribution in [0.5, 0.6) is 0 Å². The summed E-state index contributed by atoms with van der Waals surface area (Å²) in [6, 6.07) is -0.948. The van der Waals surface area contributed by atoms with Gasteiger partial charge in [0.2, 0.25) is 5.91 Å². The second kappa shape index (κ2) is 8.67. The van der Waals surface area contributed by atoms with Gasteiger partial charge >= 0.3 is 12.1 Å². The van der Waals surface area contributed by atoms with E-state index in [9.17, 15) is 22.8 Å². The van der Waals surface area contributed by atoms with Crippen LogP contribution in [0.1, 0.15) is 37.4 Å². The molecule has 1 amide bonds. The average Bonchev–Trinajstić information content (AvgIpc) is 2.82. The molecule has 0 spiro atoms. The van der Waals surface area contributed by atoms with Crippen LogP contribution >= 0.6 is 0 Å². The molecule has 1 atom stereocenters. The van der Waals surface area contributed by atoms with Gasteiger partial charge in [0.05, 0.1) is 17.5 Å². The van der Waals surface area contributed by atoms with Gasteiger partial charge in [-0.15, -0.1) is 0 Å². The summed E-state index contributed by atoms with van der Waals surface area (Å²) in [6.07, 6.45) is -2.30. The molecule has 136 valence electrons. The number of hydrogen-bond donors (Lipinski definition) is 3. The number of carboxylic acids is 1. The molecule has 0 radical (unpaired) electrons. The molecule has 1 aromatic heterocycles. The SMILES string of the molecule is CC(=O)N[C@@H](CCCCNCc1c(C(F)(F)F)cnn1C)C(=O)O. The Morgan fingerprint density at radius 2 is 2.04 bits per heavy atom. The zero-order valence-corrected chi connectivity index (χ0v) is 13.5. The van der Waals surface area contributed by atoms with Crippen LogP contribution in [0.3, 0.4) is 0 Å². The molecule has 24 heavy (non-hydrogen) atoms. The number of aryl methyl sites for hydroxylation is 1. The number of amides is 1. The van der Waals surface area contributed by atoms with Crippen molar-refractivity contribution < 1.29 is 27.9 Å². The summed E-state index contributed by atoms with van der Waals surface area (Å²) in [6.45, 7) is 1.68. The molecule has 0 aromatic carbocycles. The standard InChI is InChI=1S/C14H21F3N4O3/c1-9(22)20-11(13(23)24)5-3-4-6-18-8-12-10(14(15,16)17)7-19-21(12)2/h7,11,18H,3-6,8H2,1-2H3,(H,20,22)(H,23,24)/t11-/m0/s1. The second-order valence-corrected chi connectivity index (χ2v) is 5.39. The Kier molecular flexibility index (Phi) is 7.20. The number of unbranched alkanes of at least 4 members (excludes halogenated alkanes) is 1. The van der Waals surface area contributed by atoms with E-state index in [1.165, 1.54) is 18.7 Å². The van der Waals surface area contributed by atoms with Gasteiger partial charge in [-0.3, -0.25) is 9.48 Å². The van der Waals surface area contributed by atoms with E-state index in [1.54, 1.807) is 0 Å². The van der Waals surface area contributed by atoms with Crippen LogP contribution in [0.15, 0.2) is 6.20 Å². The first-order chi connectivity index (χ1) is 11.1. The largest absolute Gasteiger partial charge is 0.480 e. The molecular formula is C14H21F3N4O3. The van der Waals surface area contributed by atoms with E-state index < -0.39 is 29.7 Å². The van der Waals surface area contributed by atoms with E-state index in [2.05, 4.69) is 15.7 Å². The summed E-state index contributed by atoms with van der Waals surface area (Å²) in [5.74, 6) is -1.53. The normalized spacial score (nSPS) is 12.9. The number of nitrogens with zero attached hydrogens (tertiary/aromatic N) is 2. The summed E-state index contributed by atoms with van der Waals surface area (Å²) in [5.41, 5.74) is -0.724. The van der Waals surface area contributed by atoms with Gasteiger partial charge in [-0.05, 0) is 25.8 Å². The van der Waals surface area contributed by atoms with Gasteiger partial charge in [0.25, 0.3) is 0 Å². The lowest BCUT2D eigenvalue weighted by molar-refractivity contribution is -0.141. The van der Waals surface area contributed by atoms with Gasteiger partial charge in [-0.25, -0.2) is 4.79 Å². The maximum Gasteiger partial charge on any atom is 0.419 e. The number of carbonyl (C=O) groups is 2. The van der Waals surface area contributed by atoms with Gasteiger partial charge in [0, 0.05) is 20.5 Å². The van der Waals surface area contributed by atoms with E-state index in [4.69, 9.17) is 5.11 Å². The van der Waals surface area contributed by atoms with Crippen molar-refractivity contribution in [3.8, 4) is 0 Å². The number of hydrogen-bond acceptors (Lipinski definition) is 4. The van der Waals surface area contributed by atoms with Crippen molar-refractivity contribution in [1.29, 1.82) is 0 Å². The highest BCUT2D eigenvalue weighted by Gasteiger charge is 2.35. The first kappa shape index (κ1) is 19.9. The zero-order chi connectivity index (χ0) is 18.3. The van der Waals surface area contributed by atoms with Crippen LogP contribution in [0.25, 0.3) is 0 Å². The molecular weight excluding hydrogens is 329 g/mol. The van der Waals surface area contributed by atoms with Crippen LogP contribution in [0.2, 0.25) is 0 Å². The van der Waals surface area contributed by atoms with Crippen molar-refractivity contribution in [1.82, 2.24) is 20.4 Å². The molecule has 0 saturated carbocycles. The fraction of sp³-hybridized carbons (Fsp3) is 0.643. The van der Waals surface area contributed by atoms with E-state index in [1.807, 2.05) is 0 Å². The van der Waals surface area contributed by atoms with Crippen LogP contribution in [0.4, 0.5) is 13.2 Å². The molecule has 0 bridgehead atoms. The van der Waals surface area contributed by atoms with Gasteiger partial charge in [-0.2, -0.15) is 18.3 Å². The monoisotopic (exact) mass is 350 g/mol. The maximum absolute atomic E-state index is 12.8. The maximum atomic E-state index is 12.8. The Morgan fingerprint density at radius 1 is 1.38 bits per heavy atom. The molecule has 0 aliphatic rings. The summed E-state index contributed by atoms with van der Waals surface area (Å²) in [7, 11) is 1.44. The molecule has 0 saturated heterocycles. The topological polar surface area (TPSA) is 96.3 Å². The number of nitrogens with one attached hydrogen (secondary N) is 2. The first-order valence-electron chi connectivity index (χ1n) is 7.41. The average molecular weight is 350 g/mol. The molecule has 10 heteroatoms. The third kappa shape index (κ3) is 6.19. The fourth-order valence-electron chi connectivity index (χ4n) is 2.22. The number of aromatic nitrogens is 2. The van der Waals surface area contributed by atoms with Crippen LogP contribution < -0.4 is 10.6 Å². The lowest BCUT2D eigenvalue weighted by Gasteiger charge is -2.13. The highest BCUT2D eigenvalue weighted by atomic mass is 19.4. The molecule has 0 fully saturated rings. The van der Waals surface area contributed by atoms with Crippen LogP contribution in [-0.4, -0.2) is 39.4 Å². The third-order valence-electron chi connectivity index (χ3n) is 3.43. The molecule has 1 rings (SSSR count). The second-order valence-electron chi connectivity index (χ2n) is 5.39. The zero-order valence-electron chi connectivity index (χ0n) is 13.5. The predicted molar refractivity (Wildman–Crippen MR) is 79.0 cm³/mol. The lowest BCUT2D eigenvalue weighted by Crippen LogP contribution is -2.39. The van der Waals surface area contributed by atoms with Crippen molar-refractivity contribution in [2.45, 2.75) is 44.9 Å². The number of alkyl halides is 3. The Bertz CT molecular complexity index is 572. The Labute approximate surface area is 137 Å². The lowest BCUT2D eigenvalue weighted by atomic mass is 10.1. The minimum atomic E-state index is -4.45. The summed E-state index contributed by atoms with van der Waals surface area (Å²) in [5, 5.41) is 17.8. The molecule has 1 aromatic rings. The van der Waals surface area contributed by atoms with Crippen LogP contribution in [0, 0.1) is 0 Å². The van der Waals surface area contributed by atoms with Gasteiger partial charge in [-0.1, -0.05) is 0 Å². The molecule has 7 nitrogen and oxygen atoms in total. The number of carbonyl (C=O) groups excluding carboxylic acids is 1. The fourth-order valence-corrected chi connectivity index (χ4v) is 2.22. The molecule has 1 heterocycles. The van der Waals surface area contributed by atoms with E-state index in [0.29, 0.717) is 19.4 Å². The molecule has 3 N–H and O–H groups in total. The Balaban J connectivity index is 2.36. The minimum Gasteiger partial charge on any atom is -0.480 e. The van der Waals surface area contributed by atoms with Gasteiger partial charge in [0.15, 0.2) is 0 Å². The number of aliphatic carboxylic acids is 1. The van der Waals surface area contributed by atoms with Crippen molar-refractivity contribution in [3.63, 3.8) is 0 Å². The molecule has 0 aliphatic heterocycles. The Hall–Kier alpha value is -2.10. The molecule has 0 aliphatic carbocycles. The first-order valence-corrected chi connectivity index (χ1v) is 7.41. The highest BCUT2D eigenvalue weighted by Crippen LogP contribution is 2.31. The van der Waals surface area contributed by atoms with Crippen molar-refractivity contribution >= 4 is 11.9 Å². The quantitative estimate of drug-likeness (QED) is 0.583. The highest BCUT2D eigenvalue weighted by molar-refractivity contribution is 5.81. The summed E-state index contributed by atoms with van der Waals surface area (Å²) >= 11 is 0.